The Morgan fingerprint density at radius 2 is 2.00 bits per heavy atom. The SMILES string of the molecule is CC(C)(C)C(=O)OCC[C@@H]1c2ccccc2C[C@@H]2CC(=O)O[C@H]21. The van der Waals surface area contributed by atoms with Crippen molar-refractivity contribution in [3.63, 3.8) is 0 Å². The predicted octanol–water partition coefficient (Wildman–Crippen LogP) is 3.24. The summed E-state index contributed by atoms with van der Waals surface area (Å²) < 4.78 is 11.0. The third-order valence-electron chi connectivity index (χ3n) is 4.77. The van der Waals surface area contributed by atoms with Gasteiger partial charge in [-0.05, 0) is 44.7 Å². The van der Waals surface area contributed by atoms with E-state index in [2.05, 4.69) is 12.1 Å². The van der Waals surface area contributed by atoms with E-state index in [4.69, 9.17) is 9.47 Å². The van der Waals surface area contributed by atoms with Gasteiger partial charge < -0.3 is 9.47 Å². The Morgan fingerprint density at radius 1 is 1.26 bits per heavy atom. The molecule has 1 aliphatic carbocycles. The van der Waals surface area contributed by atoms with Crippen LogP contribution >= 0.6 is 0 Å². The van der Waals surface area contributed by atoms with Crippen LogP contribution < -0.4 is 0 Å². The largest absolute Gasteiger partial charge is 0.465 e. The number of hydrogen-bond acceptors (Lipinski definition) is 4. The van der Waals surface area contributed by atoms with E-state index in [0.717, 1.165) is 6.42 Å². The second-order valence-electron chi connectivity index (χ2n) is 7.60. The fourth-order valence-corrected chi connectivity index (χ4v) is 3.58. The molecule has 1 aliphatic heterocycles. The van der Waals surface area contributed by atoms with Crippen LogP contribution in [0, 0.1) is 11.3 Å². The topological polar surface area (TPSA) is 52.6 Å². The van der Waals surface area contributed by atoms with Crippen molar-refractivity contribution in [2.45, 2.75) is 52.1 Å². The van der Waals surface area contributed by atoms with E-state index in [1.807, 2.05) is 32.9 Å². The van der Waals surface area contributed by atoms with Crippen LogP contribution in [0.5, 0.6) is 0 Å². The summed E-state index contributed by atoms with van der Waals surface area (Å²) in [7, 11) is 0. The molecule has 1 fully saturated rings. The lowest BCUT2D eigenvalue weighted by molar-refractivity contribution is -0.154. The number of ether oxygens (including phenoxy) is 2. The maximum atomic E-state index is 11.9. The van der Waals surface area contributed by atoms with E-state index < -0.39 is 5.41 Å². The summed E-state index contributed by atoms with van der Waals surface area (Å²) in [6.07, 6.45) is 2.00. The zero-order valence-electron chi connectivity index (χ0n) is 14.0. The van der Waals surface area contributed by atoms with Gasteiger partial charge in [-0.25, -0.2) is 0 Å². The summed E-state index contributed by atoms with van der Waals surface area (Å²) in [4.78, 5) is 23.6. The molecule has 0 radical (unpaired) electrons. The predicted molar refractivity (Wildman–Crippen MR) is 85.9 cm³/mol. The molecule has 1 saturated heterocycles. The van der Waals surface area contributed by atoms with Gasteiger partial charge in [-0.3, -0.25) is 9.59 Å². The highest BCUT2D eigenvalue weighted by atomic mass is 16.6. The minimum atomic E-state index is -0.493. The lowest BCUT2D eigenvalue weighted by Crippen LogP contribution is -2.33. The van der Waals surface area contributed by atoms with E-state index in [1.165, 1.54) is 11.1 Å². The number of carbonyl (C=O) groups excluding carboxylic acids is 2. The Balaban J connectivity index is 1.73. The van der Waals surface area contributed by atoms with E-state index >= 15 is 0 Å². The molecular formula is C19H24O4. The Hall–Kier alpha value is -1.84. The molecule has 0 saturated carbocycles. The van der Waals surface area contributed by atoms with Gasteiger partial charge in [0.25, 0.3) is 0 Å². The molecule has 23 heavy (non-hydrogen) atoms. The van der Waals surface area contributed by atoms with E-state index in [0.29, 0.717) is 19.4 Å². The van der Waals surface area contributed by atoms with Gasteiger partial charge in [0.2, 0.25) is 0 Å². The van der Waals surface area contributed by atoms with Crippen molar-refractivity contribution in [3.05, 3.63) is 35.4 Å². The second kappa shape index (κ2) is 5.99. The van der Waals surface area contributed by atoms with Crippen LogP contribution in [-0.2, 0) is 25.5 Å². The fourth-order valence-electron chi connectivity index (χ4n) is 3.58. The van der Waals surface area contributed by atoms with Crippen LogP contribution in [0.15, 0.2) is 24.3 Å². The Morgan fingerprint density at radius 3 is 2.74 bits per heavy atom. The van der Waals surface area contributed by atoms with Crippen molar-refractivity contribution >= 4 is 11.9 Å². The third-order valence-corrected chi connectivity index (χ3v) is 4.77. The average molecular weight is 316 g/mol. The third kappa shape index (κ3) is 3.26. The van der Waals surface area contributed by atoms with Gasteiger partial charge in [-0.1, -0.05) is 24.3 Å². The first-order chi connectivity index (χ1) is 10.9. The first-order valence-electron chi connectivity index (χ1n) is 8.31. The Labute approximate surface area is 137 Å². The van der Waals surface area contributed by atoms with Crippen molar-refractivity contribution in [2.75, 3.05) is 6.61 Å². The fraction of sp³-hybridized carbons (Fsp3) is 0.579. The zero-order chi connectivity index (χ0) is 16.6. The second-order valence-corrected chi connectivity index (χ2v) is 7.60. The van der Waals surface area contributed by atoms with Crippen molar-refractivity contribution in [3.8, 4) is 0 Å². The van der Waals surface area contributed by atoms with Gasteiger partial charge in [0.05, 0.1) is 18.4 Å². The maximum Gasteiger partial charge on any atom is 0.311 e. The summed E-state index contributed by atoms with van der Waals surface area (Å²) in [6.45, 7) is 5.90. The minimum absolute atomic E-state index is 0.0780. The Kier molecular flexibility index (Phi) is 4.17. The van der Waals surface area contributed by atoms with E-state index in [-0.39, 0.29) is 29.9 Å². The molecule has 2 aliphatic rings. The van der Waals surface area contributed by atoms with Gasteiger partial charge in [0.15, 0.2) is 0 Å². The zero-order valence-corrected chi connectivity index (χ0v) is 14.0. The molecule has 4 heteroatoms. The average Bonchev–Trinajstić information content (AvgIpc) is 2.85. The molecule has 0 bridgehead atoms. The summed E-state index contributed by atoms with van der Waals surface area (Å²) in [6, 6.07) is 8.29. The van der Waals surface area contributed by atoms with Crippen LogP contribution in [0.1, 0.15) is 50.7 Å². The van der Waals surface area contributed by atoms with Crippen LogP contribution in [0.4, 0.5) is 0 Å². The molecule has 1 heterocycles. The first kappa shape index (κ1) is 16.0. The van der Waals surface area contributed by atoms with Gasteiger partial charge in [-0.15, -0.1) is 0 Å². The standard InChI is InChI=1S/C19H24O4/c1-19(2,3)18(21)22-9-8-15-14-7-5-4-6-12(14)10-13-11-16(20)23-17(13)15/h4-7,13,15,17H,8-11H2,1-3H3/t13-,15-,17-/m1/s1. The molecule has 0 aromatic heterocycles. The van der Waals surface area contributed by atoms with Crippen LogP contribution in [0.25, 0.3) is 0 Å². The maximum absolute atomic E-state index is 11.9. The van der Waals surface area contributed by atoms with Gasteiger partial charge >= 0.3 is 11.9 Å². The summed E-state index contributed by atoms with van der Waals surface area (Å²) in [5.74, 6) is 0.0657. The molecule has 0 amide bonds. The number of carbonyl (C=O) groups is 2. The monoisotopic (exact) mass is 316 g/mol. The summed E-state index contributed by atoms with van der Waals surface area (Å²) >= 11 is 0. The van der Waals surface area contributed by atoms with Crippen LogP contribution in [0.3, 0.4) is 0 Å². The van der Waals surface area contributed by atoms with Gasteiger partial charge in [0.1, 0.15) is 6.10 Å². The molecule has 0 spiro atoms. The number of rotatable bonds is 3. The van der Waals surface area contributed by atoms with Gasteiger partial charge in [0, 0.05) is 11.8 Å². The van der Waals surface area contributed by atoms with Crippen molar-refractivity contribution in [2.24, 2.45) is 11.3 Å². The van der Waals surface area contributed by atoms with Crippen molar-refractivity contribution in [1.29, 1.82) is 0 Å². The molecule has 1 aromatic carbocycles. The molecule has 3 atom stereocenters. The highest BCUT2D eigenvalue weighted by molar-refractivity contribution is 5.75. The molecule has 1 aromatic rings. The molecule has 124 valence electrons. The Bertz CT molecular complexity index is 614. The summed E-state index contributed by atoms with van der Waals surface area (Å²) in [5.41, 5.74) is 2.03. The first-order valence-corrected chi connectivity index (χ1v) is 8.31. The number of hydrogen-bond donors (Lipinski definition) is 0. The smallest absolute Gasteiger partial charge is 0.311 e. The molecule has 4 nitrogen and oxygen atoms in total. The molecule has 0 unspecified atom stereocenters. The van der Waals surface area contributed by atoms with Crippen LogP contribution in [-0.4, -0.2) is 24.6 Å². The van der Waals surface area contributed by atoms with E-state index in [9.17, 15) is 9.59 Å². The lowest BCUT2D eigenvalue weighted by atomic mass is 9.73. The lowest BCUT2D eigenvalue weighted by Gasteiger charge is -2.34. The van der Waals surface area contributed by atoms with Crippen LogP contribution in [0.2, 0.25) is 0 Å². The summed E-state index contributed by atoms with van der Waals surface area (Å²) in [5, 5.41) is 0. The van der Waals surface area contributed by atoms with Crippen molar-refractivity contribution < 1.29 is 19.1 Å². The molecule has 3 rings (SSSR count). The highest BCUT2D eigenvalue weighted by Gasteiger charge is 2.44. The number of fused-ring (bicyclic) bond motifs is 2. The van der Waals surface area contributed by atoms with Crippen molar-refractivity contribution in [1.82, 2.24) is 0 Å². The van der Waals surface area contributed by atoms with E-state index in [1.54, 1.807) is 0 Å². The van der Waals surface area contributed by atoms with Gasteiger partial charge in [-0.2, -0.15) is 0 Å². The minimum Gasteiger partial charge on any atom is -0.465 e. The quantitative estimate of drug-likeness (QED) is 0.803. The highest BCUT2D eigenvalue weighted by Crippen LogP contribution is 2.43. The number of benzene rings is 1. The normalized spacial score (nSPS) is 26.2. The number of esters is 2. The molecular weight excluding hydrogens is 292 g/mol. The molecule has 0 N–H and O–H groups in total.